The summed E-state index contributed by atoms with van der Waals surface area (Å²) in [5.41, 5.74) is 56.1. The summed E-state index contributed by atoms with van der Waals surface area (Å²) < 4.78 is 27.3. The van der Waals surface area contributed by atoms with Crippen LogP contribution >= 0.6 is 0 Å². The van der Waals surface area contributed by atoms with Crippen molar-refractivity contribution < 1.29 is 344 Å². The van der Waals surface area contributed by atoms with Crippen LogP contribution in [0.2, 0.25) is 0 Å². The Labute approximate surface area is 571 Å². The van der Waals surface area contributed by atoms with Crippen molar-refractivity contribution in [3.8, 4) is 0 Å². The quantitative estimate of drug-likeness (QED) is 0.109. The van der Waals surface area contributed by atoms with Gasteiger partial charge in [-0.15, -0.1) is 0 Å². The molecule has 71 heavy (non-hydrogen) atoms. The molecule has 0 aliphatic carbocycles. The van der Waals surface area contributed by atoms with E-state index in [0.717, 1.165) is 6.08 Å². The second-order valence-corrected chi connectivity index (χ2v) is 6.87. The van der Waals surface area contributed by atoms with Crippen LogP contribution in [0.4, 0.5) is 33.6 Å². The number of ether oxygens (including phenoxy) is 7. The maximum atomic E-state index is 11.0. The summed E-state index contributed by atoms with van der Waals surface area (Å²) in [4.78, 5) is 165. The molecule has 0 saturated carbocycles. The molecule has 0 bridgehead atoms. The van der Waals surface area contributed by atoms with Crippen molar-refractivity contribution >= 4 is 103 Å². The predicted molar refractivity (Wildman–Crippen MR) is 191 cm³/mol. The topological polar surface area (TPSA) is 717 Å². The molecule has 0 fully saturated rings. The van der Waals surface area contributed by atoms with E-state index in [2.05, 4.69) is 38.2 Å². The smallest absolute Gasteiger partial charge is 0.410 e. The minimum absolute atomic E-state index is 0. The normalized spacial score (nSPS) is 6.56. The maximum absolute atomic E-state index is 11.0. The molecule has 7 radical (unpaired) electrons. The standard InChI is InChI=1S/C8H11N5O7.C4H7N3O6.2C3H6N2O3.5CNO.7Y/c9-4(15)1-19-7(17)12-6(11-3-14)13-8(18)20-2-5(10)16;5-1(8)11-4(12-2(6)9)13-3(7)10;2*4-2(6)1-8-3(5)7;5*2-1-3;;;;;;;/h6H,1-2H2,(H6,9,10,12,13,15,16,17,18);4H,(H6,5,6,7,8,9,10);2*1H2,(H4,4,5,6,7);;;;;;;;;;;;/q;;;;5*-1;;;;;;;/p-9. The minimum Gasteiger partial charge on any atom is -0.724 e. The molecular weight excluding hydrogens is 1520 g/mol. The number of amides is 11. The zero-order chi connectivity index (χ0) is 52.6. The SMILES string of the molecule is [N-]=C=O.[N-]=C=O.[N-]=C=O.[N-]=C=O.[N-]=C=O.[NH-]C(=O)COC(=O)NC(N=C=O)NC(=O)OCC([NH-])=O.[NH-]C(=O)COC([NH-])=O.[NH-]C(=O)COC([NH-])=O.[NH-]C(=O)OC(OC([NH-])=O)OC([NH-])=O.[Y].[Y].[Y].[Y].[Y].[Y].[Y]. The molecule has 0 aliphatic heterocycles. The fraction of sp³-hybridized carbons (Fsp3) is 0.261. The van der Waals surface area contributed by atoms with Crippen LogP contribution in [-0.4, -0.2) is 142 Å². The van der Waals surface area contributed by atoms with Crippen LogP contribution in [0.1, 0.15) is 0 Å². The van der Waals surface area contributed by atoms with Crippen molar-refractivity contribution in [3.63, 3.8) is 0 Å². The van der Waals surface area contributed by atoms with Gasteiger partial charge in [-0.3, -0.25) is 58.6 Å². The Bertz CT molecular complexity index is 1540. The minimum atomic E-state index is -2.15. The third kappa shape index (κ3) is 177. The fourth-order valence-corrected chi connectivity index (χ4v) is 1.32. The third-order valence-corrected chi connectivity index (χ3v) is 2.64. The first kappa shape index (κ1) is 113. The van der Waals surface area contributed by atoms with Gasteiger partial charge in [0.25, 0.3) is 0 Å². The van der Waals surface area contributed by atoms with Crippen molar-refractivity contribution in [1.29, 1.82) is 0 Å². The van der Waals surface area contributed by atoms with E-state index in [0.29, 0.717) is 30.4 Å². The number of nitrogens with one attached hydrogen (secondary N) is 11. The summed E-state index contributed by atoms with van der Waals surface area (Å²) in [6.07, 6.45) is -8.04. The Morgan fingerprint density at radius 3 is 0.690 bits per heavy atom. The van der Waals surface area contributed by atoms with Crippen LogP contribution in [0.5, 0.6) is 0 Å². The third-order valence-electron chi connectivity index (χ3n) is 2.64. The molecule has 0 atom stereocenters. The van der Waals surface area contributed by atoms with Gasteiger partial charge < -0.3 is 131 Å². The Kier molecular flexibility index (Phi) is 147. The van der Waals surface area contributed by atoms with Crippen LogP contribution in [0.25, 0.3) is 78.6 Å². The van der Waals surface area contributed by atoms with Gasteiger partial charge in [0.2, 0.25) is 42.8 Å². The number of carbonyl (C=O) groups excluding carboxylic acids is 17. The van der Waals surface area contributed by atoms with Gasteiger partial charge in [-0.25, -0.2) is 14.4 Å². The van der Waals surface area contributed by atoms with Crippen molar-refractivity contribution in [2.75, 3.05) is 26.4 Å². The van der Waals surface area contributed by atoms with E-state index < -0.39 is 105 Å². The second-order valence-electron chi connectivity index (χ2n) is 6.87. The van der Waals surface area contributed by atoms with E-state index in [1.165, 1.54) is 0 Å². The molecule has 0 heterocycles. The van der Waals surface area contributed by atoms with Crippen molar-refractivity contribution in [2.45, 2.75) is 12.8 Å². The van der Waals surface area contributed by atoms with E-state index in [1.54, 1.807) is 0 Å². The molecule has 41 nitrogen and oxygen atoms in total. The van der Waals surface area contributed by atoms with E-state index in [4.69, 9.17) is 103 Å². The summed E-state index contributed by atoms with van der Waals surface area (Å²) in [6.45, 7) is -5.06. The molecule has 11 amide bonds. The van der Waals surface area contributed by atoms with Gasteiger partial charge in [0.15, 0.2) is 0 Å². The molecule has 377 valence electrons. The zero-order valence-corrected chi connectivity index (χ0v) is 54.4. The number of isocyanates is 6. The van der Waals surface area contributed by atoms with Gasteiger partial charge in [-0.2, -0.15) is 4.99 Å². The maximum Gasteiger partial charge on any atom is 0.410 e. The summed E-state index contributed by atoms with van der Waals surface area (Å²) in [5.74, 6) is -4.36. The van der Waals surface area contributed by atoms with E-state index in [9.17, 15) is 57.5 Å². The molecule has 48 heteroatoms. The van der Waals surface area contributed by atoms with Crippen LogP contribution in [-0.2, 0) is 310 Å². The molecular formula is C23H21N17O24Y7-14. The number of hydrogen-bond donors (Lipinski definition) is 2. The van der Waals surface area contributed by atoms with E-state index >= 15 is 0 Å². The molecule has 0 saturated heterocycles. The average Bonchev–Trinajstić information content (AvgIpc) is 3.13. The van der Waals surface area contributed by atoms with Crippen molar-refractivity contribution in [2.24, 2.45) is 4.99 Å². The number of alkyl carbamates (subject to hydrolysis) is 2. The summed E-state index contributed by atoms with van der Waals surface area (Å²) in [5, 5.41) is 37.5. The van der Waals surface area contributed by atoms with Crippen molar-refractivity contribution in [1.82, 2.24) is 10.6 Å². The summed E-state index contributed by atoms with van der Waals surface area (Å²) in [6, 6.07) is 0. The second kappa shape index (κ2) is 92.9. The van der Waals surface area contributed by atoms with Gasteiger partial charge in [0, 0.05) is 229 Å². The molecule has 0 aromatic rings. The van der Waals surface area contributed by atoms with E-state index in [1.807, 2.05) is 10.6 Å². The van der Waals surface area contributed by atoms with Crippen molar-refractivity contribution in [3.05, 3.63) is 78.6 Å². The molecule has 0 rings (SSSR count). The Morgan fingerprint density at radius 2 is 0.563 bits per heavy atom. The van der Waals surface area contributed by atoms with E-state index in [-0.39, 0.29) is 229 Å². The molecule has 0 aromatic heterocycles. The fourth-order valence-electron chi connectivity index (χ4n) is 1.32. The zero-order valence-electron chi connectivity index (χ0n) is 34.5. The van der Waals surface area contributed by atoms with Crippen LogP contribution in [0.15, 0.2) is 4.99 Å². The number of carbonyl (C=O) groups is 11. The van der Waals surface area contributed by atoms with Gasteiger partial charge in [-0.1, -0.05) is 0 Å². The first-order chi connectivity index (χ1) is 29.6. The van der Waals surface area contributed by atoms with Gasteiger partial charge in [-0.05, 0) is 30.4 Å². The van der Waals surface area contributed by atoms with Gasteiger partial charge in [0.05, 0.1) is 23.6 Å². The van der Waals surface area contributed by atoms with Crippen LogP contribution < -0.4 is 10.6 Å². The summed E-state index contributed by atoms with van der Waals surface area (Å²) >= 11 is 0. The average molecular weight is 1540 g/mol. The first-order valence-corrected chi connectivity index (χ1v) is 13.1. The number of hydrogen-bond acceptors (Lipinski definition) is 25. The molecule has 0 spiro atoms. The Morgan fingerprint density at radius 1 is 0.380 bits per heavy atom. The predicted octanol–water partition coefficient (Wildman–Crippen LogP) is 2.00. The van der Waals surface area contributed by atoms with Gasteiger partial charge in [0.1, 0.15) is 26.4 Å². The number of nitrogens with zero attached hydrogens (tertiary/aromatic N) is 6. The Hall–Kier alpha value is -3.22. The molecule has 0 aliphatic rings. The first-order valence-electron chi connectivity index (χ1n) is 13.1. The largest absolute Gasteiger partial charge is 0.724 e. The molecule has 0 unspecified atom stereocenters. The molecule has 0 aromatic carbocycles. The van der Waals surface area contributed by atoms with Gasteiger partial charge >= 0.3 is 18.7 Å². The summed E-state index contributed by atoms with van der Waals surface area (Å²) in [7, 11) is 0. The number of rotatable bonds is 14. The molecule has 11 N–H and O–H groups in total. The van der Waals surface area contributed by atoms with Crippen LogP contribution in [0.3, 0.4) is 0 Å². The Balaban J connectivity index is -0.0000000373. The monoisotopic (exact) mass is 1540 g/mol. The van der Waals surface area contributed by atoms with Crippen LogP contribution in [0, 0.1) is 0 Å². The number of aliphatic imine (C=N–C) groups is 1.